The molecule has 1 fully saturated rings. The van der Waals surface area contributed by atoms with Crippen LogP contribution in [0, 0.1) is 0 Å². The van der Waals surface area contributed by atoms with E-state index in [1.54, 1.807) is 17.1 Å². The predicted molar refractivity (Wildman–Crippen MR) is 98.0 cm³/mol. The van der Waals surface area contributed by atoms with Gasteiger partial charge in [-0.25, -0.2) is 14.5 Å². The van der Waals surface area contributed by atoms with Crippen molar-refractivity contribution >= 4 is 6.03 Å². The second kappa shape index (κ2) is 8.77. The van der Waals surface area contributed by atoms with E-state index >= 15 is 0 Å². The highest BCUT2D eigenvalue weighted by molar-refractivity contribution is 5.73. The largest absolute Gasteiger partial charge is 0.373 e. The molecule has 2 atom stereocenters. The number of ether oxygens (including phenoxy) is 1. The summed E-state index contributed by atoms with van der Waals surface area (Å²) >= 11 is 0. The van der Waals surface area contributed by atoms with Gasteiger partial charge in [0, 0.05) is 56.9 Å². The molecule has 3 rings (SSSR count). The van der Waals surface area contributed by atoms with Gasteiger partial charge < -0.3 is 15.4 Å². The highest BCUT2D eigenvalue weighted by Crippen LogP contribution is 2.10. The number of nitrogens with one attached hydrogen (secondary N) is 2. The van der Waals surface area contributed by atoms with Crippen molar-refractivity contribution in [3.8, 4) is 5.82 Å². The first-order valence-electron chi connectivity index (χ1n) is 8.95. The van der Waals surface area contributed by atoms with Crippen LogP contribution in [-0.2, 0) is 11.3 Å². The zero-order chi connectivity index (χ0) is 18.4. The molecule has 26 heavy (non-hydrogen) atoms. The monoisotopic (exact) mass is 358 g/mol. The Morgan fingerprint density at radius 3 is 2.77 bits per heavy atom. The van der Waals surface area contributed by atoms with Gasteiger partial charge in [0.25, 0.3) is 0 Å². The van der Waals surface area contributed by atoms with Gasteiger partial charge in [-0.2, -0.15) is 5.10 Å². The van der Waals surface area contributed by atoms with Crippen LogP contribution in [0.4, 0.5) is 4.79 Å². The molecule has 2 N–H and O–H groups in total. The summed E-state index contributed by atoms with van der Waals surface area (Å²) in [6.07, 6.45) is 5.71. The summed E-state index contributed by atoms with van der Waals surface area (Å²) in [6.45, 7) is 7.76. The standard InChI is InChI=1S/C18H26N6O2/c1-14-12-23(13-15(2)26-14)10-8-20-18(25)21-11-16-5-3-6-19-17(16)24-9-4-7-22-24/h3-7,9,14-15H,8,10-13H2,1-2H3,(H2,20,21,25). The van der Waals surface area contributed by atoms with Crippen molar-refractivity contribution in [3.05, 3.63) is 42.4 Å². The molecule has 8 heteroatoms. The van der Waals surface area contributed by atoms with Crippen LogP contribution in [0.3, 0.4) is 0 Å². The number of morpholine rings is 1. The Labute approximate surface area is 153 Å². The lowest BCUT2D eigenvalue weighted by Crippen LogP contribution is -2.48. The average Bonchev–Trinajstić information content (AvgIpc) is 3.14. The number of hydrogen-bond donors (Lipinski definition) is 2. The number of nitrogens with zero attached hydrogens (tertiary/aromatic N) is 4. The minimum absolute atomic E-state index is 0.186. The zero-order valence-electron chi connectivity index (χ0n) is 15.3. The lowest BCUT2D eigenvalue weighted by Gasteiger charge is -2.35. The lowest BCUT2D eigenvalue weighted by molar-refractivity contribution is -0.0672. The maximum absolute atomic E-state index is 12.1. The van der Waals surface area contributed by atoms with Crippen molar-refractivity contribution in [1.29, 1.82) is 0 Å². The molecule has 2 unspecified atom stereocenters. The number of urea groups is 1. The molecule has 2 aromatic rings. The van der Waals surface area contributed by atoms with Gasteiger partial charge in [0.15, 0.2) is 5.82 Å². The third-order valence-electron chi connectivity index (χ3n) is 4.24. The molecular formula is C18H26N6O2. The third kappa shape index (κ3) is 5.03. The Hall–Kier alpha value is -2.45. The first kappa shape index (κ1) is 18.3. The number of aromatic nitrogens is 3. The highest BCUT2D eigenvalue weighted by Gasteiger charge is 2.21. The van der Waals surface area contributed by atoms with Crippen molar-refractivity contribution in [2.45, 2.75) is 32.6 Å². The fraction of sp³-hybridized carbons (Fsp3) is 0.500. The molecule has 0 saturated carbocycles. The minimum atomic E-state index is -0.186. The second-order valence-corrected chi connectivity index (χ2v) is 6.56. The average molecular weight is 358 g/mol. The normalized spacial score (nSPS) is 20.7. The highest BCUT2D eigenvalue weighted by atomic mass is 16.5. The van der Waals surface area contributed by atoms with Crippen LogP contribution < -0.4 is 10.6 Å². The molecule has 0 spiro atoms. The van der Waals surface area contributed by atoms with Gasteiger partial charge in [-0.15, -0.1) is 0 Å². The molecule has 3 heterocycles. The van der Waals surface area contributed by atoms with Crippen LogP contribution in [0.5, 0.6) is 0 Å². The van der Waals surface area contributed by atoms with Crippen LogP contribution in [-0.4, -0.2) is 64.1 Å². The minimum Gasteiger partial charge on any atom is -0.373 e. The Bertz CT molecular complexity index is 695. The summed E-state index contributed by atoms with van der Waals surface area (Å²) in [5.41, 5.74) is 0.905. The summed E-state index contributed by atoms with van der Waals surface area (Å²) < 4.78 is 7.41. The van der Waals surface area contributed by atoms with Crippen molar-refractivity contribution in [1.82, 2.24) is 30.3 Å². The Kier molecular flexibility index (Phi) is 6.19. The summed E-state index contributed by atoms with van der Waals surface area (Å²) in [6, 6.07) is 5.43. The van der Waals surface area contributed by atoms with Gasteiger partial charge in [0.1, 0.15) is 0 Å². The molecule has 140 valence electrons. The topological polar surface area (TPSA) is 84.3 Å². The van der Waals surface area contributed by atoms with Gasteiger partial charge in [-0.3, -0.25) is 4.90 Å². The molecule has 0 aliphatic carbocycles. The van der Waals surface area contributed by atoms with Gasteiger partial charge >= 0.3 is 6.03 Å². The van der Waals surface area contributed by atoms with Crippen molar-refractivity contribution in [2.75, 3.05) is 26.2 Å². The predicted octanol–water partition coefficient (Wildman–Crippen LogP) is 1.18. The molecular weight excluding hydrogens is 332 g/mol. The molecule has 0 radical (unpaired) electrons. The summed E-state index contributed by atoms with van der Waals surface area (Å²) in [5, 5.41) is 9.99. The van der Waals surface area contributed by atoms with Crippen molar-refractivity contribution < 1.29 is 9.53 Å². The van der Waals surface area contributed by atoms with Crippen molar-refractivity contribution in [2.24, 2.45) is 0 Å². The fourth-order valence-corrected chi connectivity index (χ4v) is 3.20. The van der Waals surface area contributed by atoms with E-state index in [0.717, 1.165) is 25.2 Å². The first-order valence-corrected chi connectivity index (χ1v) is 8.95. The van der Waals surface area contributed by atoms with Crippen LogP contribution in [0.1, 0.15) is 19.4 Å². The van der Waals surface area contributed by atoms with Gasteiger partial charge in [0.2, 0.25) is 0 Å². The Morgan fingerprint density at radius 2 is 2.04 bits per heavy atom. The zero-order valence-corrected chi connectivity index (χ0v) is 15.3. The SMILES string of the molecule is CC1CN(CCNC(=O)NCc2cccnc2-n2cccn2)CC(C)O1. The summed E-state index contributed by atoms with van der Waals surface area (Å²) in [5.74, 6) is 0.717. The maximum atomic E-state index is 12.1. The maximum Gasteiger partial charge on any atom is 0.315 e. The van der Waals surface area contributed by atoms with E-state index in [-0.39, 0.29) is 18.2 Å². The molecule has 0 bridgehead atoms. The van der Waals surface area contributed by atoms with E-state index < -0.39 is 0 Å². The van der Waals surface area contributed by atoms with Crippen LogP contribution in [0.15, 0.2) is 36.8 Å². The number of carbonyl (C=O) groups excluding carboxylic acids is 1. The van der Waals surface area contributed by atoms with Gasteiger partial charge in [0.05, 0.1) is 12.2 Å². The van der Waals surface area contributed by atoms with Crippen LogP contribution in [0.2, 0.25) is 0 Å². The molecule has 8 nitrogen and oxygen atoms in total. The van der Waals surface area contributed by atoms with Crippen LogP contribution in [0.25, 0.3) is 5.82 Å². The Morgan fingerprint density at radius 1 is 1.23 bits per heavy atom. The number of rotatable bonds is 6. The molecule has 0 aromatic carbocycles. The second-order valence-electron chi connectivity index (χ2n) is 6.56. The number of hydrogen-bond acceptors (Lipinski definition) is 5. The summed E-state index contributed by atoms with van der Waals surface area (Å²) in [7, 11) is 0. The van der Waals surface area contributed by atoms with Gasteiger partial charge in [-0.05, 0) is 26.0 Å². The van der Waals surface area contributed by atoms with Gasteiger partial charge in [-0.1, -0.05) is 6.07 Å². The van der Waals surface area contributed by atoms with E-state index in [4.69, 9.17) is 4.74 Å². The van der Waals surface area contributed by atoms with Crippen LogP contribution >= 0.6 is 0 Å². The fourth-order valence-electron chi connectivity index (χ4n) is 3.20. The third-order valence-corrected chi connectivity index (χ3v) is 4.24. The molecule has 1 saturated heterocycles. The number of pyridine rings is 1. The van der Waals surface area contributed by atoms with E-state index in [2.05, 4.69) is 39.5 Å². The number of carbonyl (C=O) groups is 1. The quantitative estimate of drug-likeness (QED) is 0.810. The lowest BCUT2D eigenvalue weighted by atomic mass is 10.2. The summed E-state index contributed by atoms with van der Waals surface area (Å²) in [4.78, 5) is 18.7. The number of amides is 2. The Balaban J connectivity index is 1.44. The van der Waals surface area contributed by atoms with E-state index in [1.165, 1.54) is 0 Å². The van der Waals surface area contributed by atoms with E-state index in [1.807, 2.05) is 24.4 Å². The molecule has 2 amide bonds. The smallest absolute Gasteiger partial charge is 0.315 e. The molecule has 1 aliphatic rings. The molecule has 2 aromatic heterocycles. The van der Waals surface area contributed by atoms with E-state index in [0.29, 0.717) is 18.9 Å². The first-order chi connectivity index (χ1) is 12.6. The van der Waals surface area contributed by atoms with E-state index in [9.17, 15) is 4.79 Å². The molecule has 1 aliphatic heterocycles. The van der Waals surface area contributed by atoms with Crippen molar-refractivity contribution in [3.63, 3.8) is 0 Å².